The molecule has 0 radical (unpaired) electrons. The molecule has 0 aliphatic carbocycles. The first-order valence-corrected chi connectivity index (χ1v) is 5.91. The van der Waals surface area contributed by atoms with E-state index in [-0.39, 0.29) is 10.7 Å². The number of nitrogens with zero attached hydrogens (tertiary/aromatic N) is 1. The Morgan fingerprint density at radius 3 is 2.29 bits per heavy atom. The summed E-state index contributed by atoms with van der Waals surface area (Å²) in [4.78, 5) is 26.6. The van der Waals surface area contributed by atoms with Gasteiger partial charge in [-0.25, -0.2) is 0 Å². The predicted octanol–water partition coefficient (Wildman–Crippen LogP) is -2.77. The second-order valence-electron chi connectivity index (χ2n) is 4.27. The zero-order chi connectivity index (χ0) is 12.4. The first kappa shape index (κ1) is 12.0. The lowest BCUT2D eigenvalue weighted by Crippen LogP contribution is -3.11. The Balaban J connectivity index is 2.07. The SMILES string of the molecule is C[NH+]1CCN(C=C2C(=O)NC(=S)NC2=O)CC1. The summed E-state index contributed by atoms with van der Waals surface area (Å²) in [6.45, 7) is 3.71. The molecule has 3 N–H and O–H groups in total. The number of quaternary nitrogens is 1. The fourth-order valence-corrected chi connectivity index (χ4v) is 2.00. The van der Waals surface area contributed by atoms with Gasteiger partial charge in [-0.1, -0.05) is 0 Å². The topological polar surface area (TPSA) is 65.9 Å². The molecule has 2 heterocycles. The van der Waals surface area contributed by atoms with E-state index >= 15 is 0 Å². The third kappa shape index (κ3) is 2.80. The minimum Gasteiger partial charge on any atom is -0.365 e. The molecule has 7 heteroatoms. The Bertz CT molecular complexity index is 377. The fraction of sp³-hybridized carbons (Fsp3) is 0.500. The summed E-state index contributed by atoms with van der Waals surface area (Å²) in [7, 11) is 2.13. The summed E-state index contributed by atoms with van der Waals surface area (Å²) in [6.07, 6.45) is 1.62. The van der Waals surface area contributed by atoms with E-state index in [9.17, 15) is 9.59 Å². The van der Waals surface area contributed by atoms with E-state index in [1.165, 1.54) is 4.90 Å². The minimum absolute atomic E-state index is 0.0694. The van der Waals surface area contributed by atoms with E-state index in [1.807, 2.05) is 4.90 Å². The van der Waals surface area contributed by atoms with Crippen LogP contribution in [0.25, 0.3) is 0 Å². The lowest BCUT2D eigenvalue weighted by Gasteiger charge is -2.30. The quantitative estimate of drug-likeness (QED) is 0.270. The highest BCUT2D eigenvalue weighted by Crippen LogP contribution is 2.03. The van der Waals surface area contributed by atoms with E-state index in [1.54, 1.807) is 6.20 Å². The number of hydrogen-bond donors (Lipinski definition) is 3. The van der Waals surface area contributed by atoms with Crippen molar-refractivity contribution in [2.45, 2.75) is 0 Å². The first-order valence-electron chi connectivity index (χ1n) is 5.50. The average Bonchev–Trinajstić information content (AvgIpc) is 2.26. The molecule has 0 spiro atoms. The van der Waals surface area contributed by atoms with Crippen molar-refractivity contribution >= 4 is 29.1 Å². The van der Waals surface area contributed by atoms with Crippen molar-refractivity contribution in [2.75, 3.05) is 33.2 Å². The Morgan fingerprint density at radius 1 is 1.24 bits per heavy atom. The Labute approximate surface area is 105 Å². The number of piperazine rings is 1. The van der Waals surface area contributed by atoms with Gasteiger partial charge in [0.1, 0.15) is 5.57 Å². The van der Waals surface area contributed by atoms with Gasteiger partial charge in [0.15, 0.2) is 5.11 Å². The van der Waals surface area contributed by atoms with Gasteiger partial charge in [0.2, 0.25) is 0 Å². The molecule has 2 aliphatic heterocycles. The maximum Gasteiger partial charge on any atom is 0.264 e. The van der Waals surface area contributed by atoms with Crippen LogP contribution in [0.2, 0.25) is 0 Å². The van der Waals surface area contributed by atoms with Gasteiger partial charge in [-0.05, 0) is 12.2 Å². The third-order valence-corrected chi connectivity index (χ3v) is 3.11. The molecule has 17 heavy (non-hydrogen) atoms. The van der Waals surface area contributed by atoms with Gasteiger partial charge in [0.25, 0.3) is 11.8 Å². The zero-order valence-corrected chi connectivity index (χ0v) is 10.4. The highest BCUT2D eigenvalue weighted by molar-refractivity contribution is 7.80. The van der Waals surface area contributed by atoms with E-state index in [0.29, 0.717) is 0 Å². The van der Waals surface area contributed by atoms with Gasteiger partial charge >= 0.3 is 0 Å². The smallest absolute Gasteiger partial charge is 0.264 e. The number of carbonyl (C=O) groups excluding carboxylic acids is 2. The molecule has 2 aliphatic rings. The molecule has 2 amide bonds. The Hall–Kier alpha value is -1.47. The summed E-state index contributed by atoms with van der Waals surface area (Å²) < 4.78 is 0. The molecule has 0 bridgehead atoms. The second kappa shape index (κ2) is 4.80. The lowest BCUT2D eigenvalue weighted by atomic mass is 10.2. The molecular formula is C10H15N4O2S+. The van der Waals surface area contributed by atoms with Crippen LogP contribution in [0.1, 0.15) is 0 Å². The van der Waals surface area contributed by atoms with Gasteiger partial charge in [-0.15, -0.1) is 0 Å². The Kier molecular flexibility index (Phi) is 3.39. The summed E-state index contributed by atoms with van der Waals surface area (Å²) >= 11 is 4.72. The Morgan fingerprint density at radius 2 is 1.76 bits per heavy atom. The highest BCUT2D eigenvalue weighted by Gasteiger charge is 2.27. The van der Waals surface area contributed by atoms with Gasteiger partial charge < -0.3 is 9.80 Å². The van der Waals surface area contributed by atoms with Crippen molar-refractivity contribution in [3.63, 3.8) is 0 Å². The highest BCUT2D eigenvalue weighted by atomic mass is 32.1. The molecule has 0 atom stereocenters. The molecule has 0 saturated carbocycles. The monoisotopic (exact) mass is 255 g/mol. The van der Waals surface area contributed by atoms with Crippen LogP contribution in [0.5, 0.6) is 0 Å². The molecule has 92 valence electrons. The van der Waals surface area contributed by atoms with E-state index in [2.05, 4.69) is 17.7 Å². The maximum absolute atomic E-state index is 11.6. The maximum atomic E-state index is 11.6. The van der Waals surface area contributed by atoms with Crippen molar-refractivity contribution in [1.82, 2.24) is 15.5 Å². The summed E-state index contributed by atoms with van der Waals surface area (Å²) in [5, 5.41) is 4.91. The predicted molar refractivity (Wildman–Crippen MR) is 65.2 cm³/mol. The molecular weight excluding hydrogens is 240 g/mol. The molecule has 2 saturated heterocycles. The number of rotatable bonds is 1. The minimum atomic E-state index is -0.426. The van der Waals surface area contributed by atoms with Crippen molar-refractivity contribution in [1.29, 1.82) is 0 Å². The van der Waals surface area contributed by atoms with Crippen LogP contribution in [0, 0.1) is 0 Å². The first-order chi connectivity index (χ1) is 8.06. The van der Waals surface area contributed by atoms with Gasteiger partial charge in [-0.3, -0.25) is 20.2 Å². The number of hydrogen-bond acceptors (Lipinski definition) is 4. The van der Waals surface area contributed by atoms with Gasteiger partial charge in [0, 0.05) is 6.20 Å². The molecule has 0 aromatic carbocycles. The van der Waals surface area contributed by atoms with Crippen LogP contribution in [0.3, 0.4) is 0 Å². The standard InChI is InChI=1S/C10H14N4O2S/c1-13-2-4-14(5-3-13)6-7-8(15)11-10(17)12-9(7)16/h6H,2-5H2,1H3,(H2,11,12,15,16,17)/p+1. The average molecular weight is 255 g/mol. The normalized spacial score (nSPS) is 22.3. The largest absolute Gasteiger partial charge is 0.365 e. The van der Waals surface area contributed by atoms with E-state index in [4.69, 9.17) is 12.2 Å². The van der Waals surface area contributed by atoms with Crippen LogP contribution < -0.4 is 15.5 Å². The third-order valence-electron chi connectivity index (χ3n) is 2.91. The molecule has 0 aromatic rings. The molecule has 2 rings (SSSR count). The van der Waals surface area contributed by atoms with Crippen LogP contribution >= 0.6 is 12.2 Å². The number of amides is 2. The molecule has 0 unspecified atom stereocenters. The number of carbonyl (C=O) groups is 2. The number of thiocarbonyl (C=S) groups is 1. The van der Waals surface area contributed by atoms with Crippen LogP contribution in [0.15, 0.2) is 11.8 Å². The summed E-state index contributed by atoms with van der Waals surface area (Å²) in [5.41, 5.74) is 0.123. The number of nitrogens with one attached hydrogen (secondary N) is 3. The summed E-state index contributed by atoms with van der Waals surface area (Å²) in [6, 6.07) is 0. The molecule has 6 nitrogen and oxygen atoms in total. The van der Waals surface area contributed by atoms with Crippen molar-refractivity contribution in [3.8, 4) is 0 Å². The summed E-state index contributed by atoms with van der Waals surface area (Å²) in [5.74, 6) is -0.852. The van der Waals surface area contributed by atoms with Crippen LogP contribution in [0.4, 0.5) is 0 Å². The van der Waals surface area contributed by atoms with E-state index < -0.39 is 11.8 Å². The van der Waals surface area contributed by atoms with Gasteiger partial charge in [0.05, 0.1) is 33.2 Å². The van der Waals surface area contributed by atoms with Crippen LogP contribution in [-0.4, -0.2) is 55.1 Å². The van der Waals surface area contributed by atoms with Crippen molar-refractivity contribution in [2.24, 2.45) is 0 Å². The van der Waals surface area contributed by atoms with E-state index in [0.717, 1.165) is 26.2 Å². The lowest BCUT2D eigenvalue weighted by molar-refractivity contribution is -0.883. The van der Waals surface area contributed by atoms with Gasteiger partial charge in [-0.2, -0.15) is 0 Å². The van der Waals surface area contributed by atoms with Crippen molar-refractivity contribution < 1.29 is 14.5 Å². The van der Waals surface area contributed by atoms with Crippen molar-refractivity contribution in [3.05, 3.63) is 11.8 Å². The fourth-order valence-electron chi connectivity index (χ4n) is 1.81. The second-order valence-corrected chi connectivity index (χ2v) is 4.68. The number of likely N-dealkylation sites (N-methyl/N-ethyl adjacent to an activating group) is 1. The molecule has 0 aromatic heterocycles. The zero-order valence-electron chi connectivity index (χ0n) is 9.58. The molecule has 2 fully saturated rings. The van der Waals surface area contributed by atoms with Crippen LogP contribution in [-0.2, 0) is 9.59 Å².